The number of hydrogen-bond acceptors (Lipinski definition) is 2. The summed E-state index contributed by atoms with van der Waals surface area (Å²) in [6, 6.07) is 5.35. The Kier molecular flexibility index (Phi) is 2.54. The van der Waals surface area contributed by atoms with Gasteiger partial charge in [0.15, 0.2) is 0 Å². The van der Waals surface area contributed by atoms with Gasteiger partial charge >= 0.3 is 0 Å². The molecule has 0 saturated heterocycles. The molecular formula is C10H10BrNO2. The lowest BCUT2D eigenvalue weighted by Gasteiger charge is -2.05. The molecule has 14 heavy (non-hydrogen) atoms. The lowest BCUT2D eigenvalue weighted by Crippen LogP contribution is -1.97. The maximum absolute atomic E-state index is 10.8. The average molecular weight is 256 g/mol. The maximum atomic E-state index is 10.8. The third kappa shape index (κ3) is 1.66. The lowest BCUT2D eigenvalue weighted by molar-refractivity contribution is -0.385. The number of hydrogen-bond donors (Lipinski definition) is 0. The van der Waals surface area contributed by atoms with Crippen molar-refractivity contribution >= 4 is 21.6 Å². The van der Waals surface area contributed by atoms with Crippen molar-refractivity contribution < 1.29 is 4.92 Å². The molecule has 0 unspecified atom stereocenters. The van der Waals surface area contributed by atoms with Gasteiger partial charge in [-0.3, -0.25) is 10.1 Å². The molecule has 1 fully saturated rings. The number of alkyl halides is 1. The van der Waals surface area contributed by atoms with Crippen molar-refractivity contribution in [2.24, 2.45) is 0 Å². The van der Waals surface area contributed by atoms with E-state index in [9.17, 15) is 10.1 Å². The van der Waals surface area contributed by atoms with E-state index in [1.54, 1.807) is 12.1 Å². The van der Waals surface area contributed by atoms with E-state index in [1.165, 1.54) is 12.8 Å². The van der Waals surface area contributed by atoms with Gasteiger partial charge in [-0.25, -0.2) is 0 Å². The van der Waals surface area contributed by atoms with Crippen molar-refractivity contribution in [2.45, 2.75) is 24.1 Å². The first-order valence-corrected chi connectivity index (χ1v) is 5.68. The van der Waals surface area contributed by atoms with E-state index in [0.717, 1.165) is 11.1 Å². The summed E-state index contributed by atoms with van der Waals surface area (Å²) in [6.07, 6.45) is 2.34. The van der Waals surface area contributed by atoms with Gasteiger partial charge in [-0.05, 0) is 24.3 Å². The first-order chi connectivity index (χ1) is 6.74. The number of nitro groups is 1. The van der Waals surface area contributed by atoms with E-state index in [1.807, 2.05) is 6.07 Å². The van der Waals surface area contributed by atoms with E-state index in [0.29, 0.717) is 11.2 Å². The van der Waals surface area contributed by atoms with Crippen molar-refractivity contribution in [2.75, 3.05) is 0 Å². The largest absolute Gasteiger partial charge is 0.273 e. The zero-order valence-electron chi connectivity index (χ0n) is 7.57. The number of halogens is 1. The number of benzene rings is 1. The molecule has 0 N–H and O–H groups in total. The van der Waals surface area contributed by atoms with Crippen LogP contribution < -0.4 is 0 Å². The van der Waals surface area contributed by atoms with Crippen LogP contribution in [0.25, 0.3) is 0 Å². The van der Waals surface area contributed by atoms with Gasteiger partial charge in [0.25, 0.3) is 5.69 Å². The Morgan fingerprint density at radius 2 is 2.21 bits per heavy atom. The Balaban J connectivity index is 2.49. The number of nitrogens with zero attached hydrogens (tertiary/aromatic N) is 1. The van der Waals surface area contributed by atoms with Crippen LogP contribution >= 0.6 is 15.9 Å². The predicted octanol–water partition coefficient (Wildman–Crippen LogP) is 3.37. The standard InChI is InChI=1S/C10H10BrNO2/c11-6-9-8(7-4-5-7)2-1-3-10(9)12(13)14/h1-3,7H,4-6H2. The highest BCUT2D eigenvalue weighted by Crippen LogP contribution is 2.44. The Labute approximate surface area is 90.4 Å². The minimum atomic E-state index is -0.303. The molecule has 0 atom stereocenters. The monoisotopic (exact) mass is 255 g/mol. The van der Waals surface area contributed by atoms with Gasteiger partial charge in [-0.2, -0.15) is 0 Å². The van der Waals surface area contributed by atoms with Crippen LogP contribution in [0.5, 0.6) is 0 Å². The summed E-state index contributed by atoms with van der Waals surface area (Å²) in [5.74, 6) is 0.558. The molecule has 0 bridgehead atoms. The molecule has 0 aliphatic heterocycles. The highest BCUT2D eigenvalue weighted by Gasteiger charge is 2.28. The van der Waals surface area contributed by atoms with Crippen LogP contribution in [0, 0.1) is 10.1 Å². The van der Waals surface area contributed by atoms with Gasteiger partial charge < -0.3 is 0 Å². The highest BCUT2D eigenvalue weighted by molar-refractivity contribution is 9.08. The van der Waals surface area contributed by atoms with Crippen LogP contribution in [-0.2, 0) is 5.33 Å². The van der Waals surface area contributed by atoms with Crippen molar-refractivity contribution in [3.8, 4) is 0 Å². The summed E-state index contributed by atoms with van der Waals surface area (Å²) >= 11 is 3.32. The second kappa shape index (κ2) is 3.69. The van der Waals surface area contributed by atoms with E-state index in [-0.39, 0.29) is 10.6 Å². The van der Waals surface area contributed by atoms with Crippen LogP contribution in [0.3, 0.4) is 0 Å². The fourth-order valence-corrected chi connectivity index (χ4v) is 2.30. The Morgan fingerprint density at radius 3 is 2.71 bits per heavy atom. The van der Waals surface area contributed by atoms with Crippen LogP contribution in [0.4, 0.5) is 5.69 Å². The summed E-state index contributed by atoms with van der Waals surface area (Å²) in [5.41, 5.74) is 2.24. The summed E-state index contributed by atoms with van der Waals surface area (Å²) in [5, 5.41) is 11.3. The van der Waals surface area contributed by atoms with Gasteiger partial charge in [0.05, 0.1) is 4.92 Å². The van der Waals surface area contributed by atoms with Gasteiger partial charge in [0, 0.05) is 17.0 Å². The van der Waals surface area contributed by atoms with Crippen molar-refractivity contribution in [3.63, 3.8) is 0 Å². The molecule has 0 aromatic heterocycles. The molecular weight excluding hydrogens is 246 g/mol. The molecule has 0 spiro atoms. The summed E-state index contributed by atoms with van der Waals surface area (Å²) < 4.78 is 0. The first kappa shape index (κ1) is 9.65. The van der Waals surface area contributed by atoms with Crippen molar-refractivity contribution in [1.82, 2.24) is 0 Å². The SMILES string of the molecule is O=[N+]([O-])c1cccc(C2CC2)c1CBr. The third-order valence-corrected chi connectivity index (χ3v) is 3.10. The Bertz CT molecular complexity index is 374. The normalized spacial score (nSPS) is 15.5. The fraction of sp³-hybridized carbons (Fsp3) is 0.400. The molecule has 2 rings (SSSR count). The second-order valence-electron chi connectivity index (χ2n) is 3.51. The molecule has 0 heterocycles. The summed E-state index contributed by atoms with van der Waals surface area (Å²) in [7, 11) is 0. The molecule has 1 saturated carbocycles. The van der Waals surface area contributed by atoms with Crippen LogP contribution in [0.15, 0.2) is 18.2 Å². The minimum Gasteiger partial charge on any atom is -0.258 e. The zero-order valence-corrected chi connectivity index (χ0v) is 9.16. The number of nitro benzene ring substituents is 1. The molecule has 1 aliphatic carbocycles. The smallest absolute Gasteiger partial charge is 0.258 e. The molecule has 1 aromatic carbocycles. The number of rotatable bonds is 3. The summed E-state index contributed by atoms with van der Waals surface area (Å²) in [4.78, 5) is 10.5. The predicted molar refractivity (Wildman–Crippen MR) is 57.7 cm³/mol. The third-order valence-electron chi connectivity index (χ3n) is 2.54. The summed E-state index contributed by atoms with van der Waals surface area (Å²) in [6.45, 7) is 0. The molecule has 74 valence electrons. The van der Waals surface area contributed by atoms with Crippen LogP contribution in [-0.4, -0.2) is 4.92 Å². The Morgan fingerprint density at radius 1 is 1.50 bits per heavy atom. The molecule has 0 amide bonds. The van der Waals surface area contributed by atoms with Gasteiger partial charge in [0.2, 0.25) is 0 Å². The van der Waals surface area contributed by atoms with Gasteiger partial charge in [-0.1, -0.05) is 28.1 Å². The van der Waals surface area contributed by atoms with Crippen molar-refractivity contribution in [3.05, 3.63) is 39.4 Å². The van der Waals surface area contributed by atoms with Crippen molar-refractivity contribution in [1.29, 1.82) is 0 Å². The average Bonchev–Trinajstić information content (AvgIpc) is 2.99. The molecule has 1 aliphatic rings. The lowest BCUT2D eigenvalue weighted by atomic mass is 10.0. The van der Waals surface area contributed by atoms with Crippen LogP contribution in [0.2, 0.25) is 0 Å². The molecule has 3 nitrogen and oxygen atoms in total. The van der Waals surface area contributed by atoms with E-state index in [4.69, 9.17) is 0 Å². The van der Waals surface area contributed by atoms with Gasteiger partial charge in [-0.15, -0.1) is 0 Å². The van der Waals surface area contributed by atoms with Crippen LogP contribution in [0.1, 0.15) is 29.9 Å². The molecule has 4 heteroatoms. The topological polar surface area (TPSA) is 43.1 Å². The first-order valence-electron chi connectivity index (χ1n) is 4.56. The Hall–Kier alpha value is -0.900. The van der Waals surface area contributed by atoms with E-state index < -0.39 is 0 Å². The molecule has 1 aromatic rings. The van der Waals surface area contributed by atoms with Gasteiger partial charge in [0.1, 0.15) is 0 Å². The zero-order chi connectivity index (χ0) is 10.1. The fourth-order valence-electron chi connectivity index (χ4n) is 1.69. The van der Waals surface area contributed by atoms with E-state index >= 15 is 0 Å². The minimum absolute atomic E-state index is 0.242. The quantitative estimate of drug-likeness (QED) is 0.472. The van der Waals surface area contributed by atoms with E-state index in [2.05, 4.69) is 15.9 Å². The maximum Gasteiger partial charge on any atom is 0.273 e. The highest BCUT2D eigenvalue weighted by atomic mass is 79.9. The molecule has 0 radical (unpaired) electrons. The second-order valence-corrected chi connectivity index (χ2v) is 4.07.